The van der Waals surface area contributed by atoms with Gasteiger partial charge < -0.3 is 52.1 Å². The molecule has 0 radical (unpaired) electrons. The summed E-state index contributed by atoms with van der Waals surface area (Å²) in [5.74, 6) is -40.6. The summed E-state index contributed by atoms with van der Waals surface area (Å²) in [6.45, 7) is 0.813. The van der Waals surface area contributed by atoms with Crippen molar-refractivity contribution in [2.45, 2.75) is 151 Å². The van der Waals surface area contributed by atoms with Crippen molar-refractivity contribution in [1.29, 1.82) is 0 Å². The molecular weight excluding hydrogens is 1160 g/mol. The van der Waals surface area contributed by atoms with Crippen molar-refractivity contribution in [1.82, 2.24) is 0 Å². The standard InChI is InChI=1S/C54H54F13N3O14/c1-31(71)76-30-40-43(79-32(2)72)44(80-33(3)73)41(69-70-68)47(82-40)84-45-42(77-27-35-16-9-5-10-17-35)39(29-74-26-34-14-7-4-8-15-34)83-48(46(45)78-28-36-18-11-6-12-19-36)81-38-22-20-37(21-23-38)75-25-13-24-49(55,56)50(57,58)51(59,60)52(61,62)53(63,64)54(65,66)67/h4-12,14-23,39-48H,13,24-30H2,1-3H3/t39-,40-,41-,42+,43-,44-,45+,46-,47-,48-/m1/s1. The molecule has 4 aromatic rings. The molecule has 460 valence electrons. The summed E-state index contributed by atoms with van der Waals surface area (Å²) in [6.07, 6.45) is -25.1. The Hall–Kier alpha value is -6.95. The third-order valence-corrected chi connectivity index (χ3v) is 12.7. The summed E-state index contributed by atoms with van der Waals surface area (Å²) in [7, 11) is 0. The van der Waals surface area contributed by atoms with Crippen LogP contribution in [-0.4, -0.2) is 135 Å². The van der Waals surface area contributed by atoms with Gasteiger partial charge in [0, 0.05) is 32.1 Å². The summed E-state index contributed by atoms with van der Waals surface area (Å²) >= 11 is 0. The SMILES string of the molecule is CC(=O)OC[C@H]1O[C@H](O[C@H]2[C@@H](OCc3ccccc3)[C@@H](COCc3ccccc3)O[C@@H](Oc3ccc(OCCCC(F)(F)C(F)(F)C(F)(F)C(F)(F)C(F)(F)C(F)(F)F)cc3)[C@@H]2OCc2ccccc2)[C@H](N=[N+]=[N-])[C@@H](OC(C)=O)[C@@H]1OC(C)=O. The van der Waals surface area contributed by atoms with Crippen LogP contribution in [0.5, 0.6) is 11.5 Å². The van der Waals surface area contributed by atoms with Gasteiger partial charge in [-0.15, -0.1) is 0 Å². The highest BCUT2D eigenvalue weighted by Gasteiger charge is 2.90. The van der Waals surface area contributed by atoms with Crippen LogP contribution in [0.2, 0.25) is 0 Å². The van der Waals surface area contributed by atoms with Gasteiger partial charge in [-0.2, -0.15) is 57.1 Å². The van der Waals surface area contributed by atoms with E-state index in [1.54, 1.807) is 91.0 Å². The molecule has 0 N–H and O–H groups in total. The van der Waals surface area contributed by atoms with E-state index in [1.165, 1.54) is 12.1 Å². The van der Waals surface area contributed by atoms with E-state index in [0.29, 0.717) is 11.1 Å². The van der Waals surface area contributed by atoms with Crippen LogP contribution >= 0.6 is 0 Å². The first-order chi connectivity index (χ1) is 39.5. The summed E-state index contributed by atoms with van der Waals surface area (Å²) < 4.78 is 245. The second kappa shape index (κ2) is 28.3. The average Bonchev–Trinajstić information content (AvgIpc) is 0.774. The Labute approximate surface area is 470 Å². The number of alkyl halides is 13. The highest BCUT2D eigenvalue weighted by Crippen LogP contribution is 2.61. The average molecular weight is 1220 g/mol. The maximum atomic E-state index is 14.5. The Morgan fingerprint density at radius 1 is 0.536 bits per heavy atom. The minimum absolute atomic E-state index is 0.0199. The van der Waals surface area contributed by atoms with Crippen LogP contribution < -0.4 is 9.47 Å². The molecule has 30 heteroatoms. The van der Waals surface area contributed by atoms with Crippen molar-refractivity contribution in [2.24, 2.45) is 5.11 Å². The minimum Gasteiger partial charge on any atom is -0.494 e. The summed E-state index contributed by atoms with van der Waals surface area (Å²) in [5, 5.41) is 3.86. The van der Waals surface area contributed by atoms with Crippen LogP contribution in [-0.2, 0) is 76.8 Å². The van der Waals surface area contributed by atoms with Crippen LogP contribution in [0.25, 0.3) is 10.4 Å². The molecule has 6 rings (SSSR count). The zero-order chi connectivity index (χ0) is 61.7. The Balaban J connectivity index is 1.35. The van der Waals surface area contributed by atoms with E-state index in [9.17, 15) is 77.0 Å². The molecule has 0 saturated carbocycles. The van der Waals surface area contributed by atoms with Gasteiger partial charge in [0.05, 0.1) is 33.0 Å². The van der Waals surface area contributed by atoms with Crippen LogP contribution in [0.3, 0.4) is 0 Å². The maximum Gasteiger partial charge on any atom is 0.460 e. The monoisotopic (exact) mass is 1220 g/mol. The summed E-state index contributed by atoms with van der Waals surface area (Å²) in [6, 6.07) is 29.1. The van der Waals surface area contributed by atoms with Gasteiger partial charge in [0.25, 0.3) is 0 Å². The van der Waals surface area contributed by atoms with Crippen molar-refractivity contribution in [3.63, 3.8) is 0 Å². The summed E-state index contributed by atoms with van der Waals surface area (Å²) in [5.41, 5.74) is 11.9. The number of azide groups is 1. The Kier molecular flexibility index (Phi) is 22.3. The molecule has 2 saturated heterocycles. The fourth-order valence-electron chi connectivity index (χ4n) is 8.57. The van der Waals surface area contributed by atoms with E-state index in [-0.39, 0.29) is 37.9 Å². The third-order valence-electron chi connectivity index (χ3n) is 12.7. The second-order valence-electron chi connectivity index (χ2n) is 18.9. The van der Waals surface area contributed by atoms with Gasteiger partial charge in [0.15, 0.2) is 18.5 Å². The number of nitrogens with zero attached hydrogens (tertiary/aromatic N) is 3. The normalized spacial score (nSPS) is 23.4. The van der Waals surface area contributed by atoms with Gasteiger partial charge in [0.1, 0.15) is 54.7 Å². The van der Waals surface area contributed by atoms with Gasteiger partial charge in [-0.3, -0.25) is 14.4 Å². The van der Waals surface area contributed by atoms with Gasteiger partial charge in [-0.25, -0.2) is 0 Å². The number of hydrogen-bond donors (Lipinski definition) is 0. The molecule has 17 nitrogen and oxygen atoms in total. The van der Waals surface area contributed by atoms with Gasteiger partial charge in [-0.05, 0) is 52.9 Å². The zero-order valence-electron chi connectivity index (χ0n) is 44.4. The van der Waals surface area contributed by atoms with Crippen molar-refractivity contribution < 1.29 is 124 Å². The number of halogens is 13. The molecule has 0 aliphatic carbocycles. The highest BCUT2D eigenvalue weighted by atomic mass is 19.4. The van der Waals surface area contributed by atoms with E-state index >= 15 is 0 Å². The van der Waals surface area contributed by atoms with Crippen molar-refractivity contribution >= 4 is 17.9 Å². The predicted octanol–water partition coefficient (Wildman–Crippen LogP) is 11.3. The molecule has 0 aromatic heterocycles. The molecule has 10 atom stereocenters. The lowest BCUT2D eigenvalue weighted by Crippen LogP contribution is -2.70. The van der Waals surface area contributed by atoms with E-state index in [4.69, 9.17) is 52.1 Å². The molecule has 0 amide bonds. The molecule has 2 heterocycles. The van der Waals surface area contributed by atoms with Crippen LogP contribution in [0, 0.1) is 0 Å². The van der Waals surface area contributed by atoms with Crippen molar-refractivity contribution in [3.8, 4) is 11.5 Å². The van der Waals surface area contributed by atoms with Crippen LogP contribution in [0.4, 0.5) is 57.1 Å². The zero-order valence-corrected chi connectivity index (χ0v) is 44.4. The largest absolute Gasteiger partial charge is 0.494 e. The molecule has 2 aliphatic rings. The number of hydrogen-bond acceptors (Lipinski definition) is 15. The number of esters is 3. The Bertz CT molecular complexity index is 2810. The van der Waals surface area contributed by atoms with E-state index in [2.05, 4.69) is 10.0 Å². The first-order valence-corrected chi connectivity index (χ1v) is 25.3. The lowest BCUT2D eigenvalue weighted by molar-refractivity contribution is -0.440. The molecule has 0 unspecified atom stereocenters. The smallest absolute Gasteiger partial charge is 0.460 e. The number of rotatable bonds is 28. The van der Waals surface area contributed by atoms with E-state index in [1.807, 2.05) is 0 Å². The molecule has 84 heavy (non-hydrogen) atoms. The number of ether oxygens (including phenoxy) is 11. The number of benzene rings is 4. The first kappa shape index (κ1) is 66.2. The fraction of sp³-hybridized carbons (Fsp3) is 0.500. The van der Waals surface area contributed by atoms with Gasteiger partial charge in [-0.1, -0.05) is 96.1 Å². The second-order valence-corrected chi connectivity index (χ2v) is 18.9. The lowest BCUT2D eigenvalue weighted by Gasteiger charge is -2.49. The van der Waals surface area contributed by atoms with E-state index < -0.39 is 141 Å². The highest BCUT2D eigenvalue weighted by molar-refractivity contribution is 5.68. The topological polar surface area (TPSA) is 202 Å². The number of carbonyl (C=O) groups excluding carboxylic acids is 3. The van der Waals surface area contributed by atoms with Crippen molar-refractivity contribution in [3.05, 3.63) is 142 Å². The van der Waals surface area contributed by atoms with Crippen molar-refractivity contribution in [2.75, 3.05) is 19.8 Å². The lowest BCUT2D eigenvalue weighted by atomic mass is 9.92. The predicted molar refractivity (Wildman–Crippen MR) is 262 cm³/mol. The maximum absolute atomic E-state index is 14.5. The molecule has 4 aromatic carbocycles. The van der Waals surface area contributed by atoms with Crippen LogP contribution in [0.1, 0.15) is 50.3 Å². The first-order valence-electron chi connectivity index (χ1n) is 25.3. The molecular formula is C54H54F13N3O14. The third kappa shape index (κ3) is 16.1. The quantitative estimate of drug-likeness (QED) is 0.00988. The van der Waals surface area contributed by atoms with E-state index in [0.717, 1.165) is 38.5 Å². The Morgan fingerprint density at radius 2 is 1.01 bits per heavy atom. The molecule has 0 spiro atoms. The van der Waals surface area contributed by atoms with Gasteiger partial charge >= 0.3 is 53.7 Å². The molecule has 0 bridgehead atoms. The summed E-state index contributed by atoms with van der Waals surface area (Å²) in [4.78, 5) is 40.3. The fourth-order valence-corrected chi connectivity index (χ4v) is 8.57. The van der Waals surface area contributed by atoms with Crippen LogP contribution in [0.15, 0.2) is 120 Å². The molecule has 2 fully saturated rings. The number of carbonyl (C=O) groups is 3. The van der Waals surface area contributed by atoms with Gasteiger partial charge in [0.2, 0.25) is 6.29 Å². The Morgan fingerprint density at radius 3 is 1.52 bits per heavy atom. The minimum atomic E-state index is -8.03. The molecule has 2 aliphatic heterocycles.